The Balaban J connectivity index is 1.84. The van der Waals surface area contributed by atoms with Crippen molar-refractivity contribution < 1.29 is 14.3 Å². The first-order valence-electron chi connectivity index (χ1n) is 7.37. The van der Waals surface area contributed by atoms with Crippen molar-refractivity contribution in [2.45, 2.75) is 6.54 Å². The standard InChI is InChI=1S/C17H14N4O4/c1-25-17(24)11-5-2-3-7-13(11)20-14(22)9-21-10-19-15-12(16(21)23)6-4-8-18-15/h2-8,10H,9H2,1H3,(H,20,22). The van der Waals surface area contributed by atoms with Crippen LogP contribution in [0.25, 0.3) is 11.0 Å². The molecule has 1 N–H and O–H groups in total. The number of hydrogen-bond donors (Lipinski definition) is 1. The van der Waals surface area contributed by atoms with Crippen LogP contribution in [-0.2, 0) is 16.1 Å². The van der Waals surface area contributed by atoms with Gasteiger partial charge >= 0.3 is 5.97 Å². The number of carbonyl (C=O) groups excluding carboxylic acids is 2. The minimum atomic E-state index is -0.563. The molecule has 3 aromatic rings. The number of hydrogen-bond acceptors (Lipinski definition) is 6. The molecule has 0 atom stereocenters. The van der Waals surface area contributed by atoms with Gasteiger partial charge in [0.15, 0.2) is 5.65 Å². The monoisotopic (exact) mass is 338 g/mol. The first kappa shape index (κ1) is 16.3. The van der Waals surface area contributed by atoms with Crippen molar-refractivity contribution in [2.75, 3.05) is 12.4 Å². The lowest BCUT2D eigenvalue weighted by Crippen LogP contribution is -2.28. The van der Waals surface area contributed by atoms with Crippen molar-refractivity contribution in [3.63, 3.8) is 0 Å². The summed E-state index contributed by atoms with van der Waals surface area (Å²) < 4.78 is 5.86. The summed E-state index contributed by atoms with van der Waals surface area (Å²) in [6, 6.07) is 9.68. The molecule has 25 heavy (non-hydrogen) atoms. The van der Waals surface area contributed by atoms with Crippen LogP contribution in [0.1, 0.15) is 10.4 Å². The van der Waals surface area contributed by atoms with E-state index in [1.807, 2.05) is 0 Å². The number of fused-ring (bicyclic) bond motifs is 1. The van der Waals surface area contributed by atoms with Gasteiger partial charge in [-0.2, -0.15) is 0 Å². The van der Waals surface area contributed by atoms with E-state index < -0.39 is 11.9 Å². The largest absolute Gasteiger partial charge is 0.465 e. The predicted molar refractivity (Wildman–Crippen MR) is 90.2 cm³/mol. The average Bonchev–Trinajstić information content (AvgIpc) is 2.64. The Morgan fingerprint density at radius 3 is 2.76 bits per heavy atom. The molecule has 3 rings (SSSR count). The van der Waals surface area contributed by atoms with Crippen LogP contribution in [0, 0.1) is 0 Å². The van der Waals surface area contributed by atoms with Crippen LogP contribution in [0.15, 0.2) is 53.7 Å². The number of carbonyl (C=O) groups is 2. The van der Waals surface area contributed by atoms with Crippen LogP contribution in [0.5, 0.6) is 0 Å². The van der Waals surface area contributed by atoms with E-state index in [0.29, 0.717) is 16.7 Å². The van der Waals surface area contributed by atoms with E-state index in [1.165, 1.54) is 30.3 Å². The zero-order valence-electron chi connectivity index (χ0n) is 13.3. The van der Waals surface area contributed by atoms with Gasteiger partial charge in [0.25, 0.3) is 5.56 Å². The lowest BCUT2D eigenvalue weighted by atomic mass is 10.2. The average molecular weight is 338 g/mol. The maximum atomic E-state index is 12.4. The number of benzene rings is 1. The van der Waals surface area contributed by atoms with Crippen LogP contribution in [0.2, 0.25) is 0 Å². The summed E-state index contributed by atoms with van der Waals surface area (Å²) in [5.74, 6) is -1.03. The van der Waals surface area contributed by atoms with Gasteiger partial charge in [-0.25, -0.2) is 14.8 Å². The minimum absolute atomic E-state index is 0.228. The second kappa shape index (κ2) is 6.91. The molecule has 1 aromatic carbocycles. The molecule has 0 fully saturated rings. The van der Waals surface area contributed by atoms with E-state index in [2.05, 4.69) is 20.0 Å². The summed E-state index contributed by atoms with van der Waals surface area (Å²) in [6.45, 7) is -0.244. The highest BCUT2D eigenvalue weighted by molar-refractivity contribution is 6.01. The van der Waals surface area contributed by atoms with Gasteiger partial charge in [-0.3, -0.25) is 14.2 Å². The number of pyridine rings is 1. The van der Waals surface area contributed by atoms with Crippen molar-refractivity contribution in [1.29, 1.82) is 0 Å². The maximum absolute atomic E-state index is 12.4. The molecule has 0 aliphatic carbocycles. The number of esters is 1. The fraction of sp³-hybridized carbons (Fsp3) is 0.118. The molecule has 2 heterocycles. The van der Waals surface area contributed by atoms with Crippen molar-refractivity contribution >= 4 is 28.6 Å². The van der Waals surface area contributed by atoms with Crippen molar-refractivity contribution in [2.24, 2.45) is 0 Å². The van der Waals surface area contributed by atoms with Gasteiger partial charge in [0, 0.05) is 6.20 Å². The highest BCUT2D eigenvalue weighted by Gasteiger charge is 2.14. The maximum Gasteiger partial charge on any atom is 0.339 e. The third-order valence-electron chi connectivity index (χ3n) is 3.52. The quantitative estimate of drug-likeness (QED) is 0.717. The van der Waals surface area contributed by atoms with Crippen molar-refractivity contribution in [1.82, 2.24) is 14.5 Å². The molecule has 0 aliphatic rings. The first-order chi connectivity index (χ1) is 12.1. The smallest absolute Gasteiger partial charge is 0.339 e. The molecule has 126 valence electrons. The number of nitrogens with one attached hydrogen (secondary N) is 1. The Morgan fingerprint density at radius 1 is 1.16 bits per heavy atom. The molecule has 2 aromatic heterocycles. The van der Waals surface area contributed by atoms with Gasteiger partial charge in [0.2, 0.25) is 5.91 Å². The van der Waals surface area contributed by atoms with Gasteiger partial charge in [-0.1, -0.05) is 12.1 Å². The van der Waals surface area contributed by atoms with Gasteiger partial charge in [0.05, 0.1) is 23.7 Å². The number of methoxy groups -OCH3 is 1. The van der Waals surface area contributed by atoms with E-state index in [4.69, 9.17) is 0 Å². The highest BCUT2D eigenvalue weighted by Crippen LogP contribution is 2.16. The summed E-state index contributed by atoms with van der Waals surface area (Å²) in [5, 5.41) is 2.93. The zero-order chi connectivity index (χ0) is 17.8. The molecular weight excluding hydrogens is 324 g/mol. The fourth-order valence-corrected chi connectivity index (χ4v) is 2.34. The molecule has 0 unspecified atom stereocenters. The lowest BCUT2D eigenvalue weighted by Gasteiger charge is -2.10. The molecule has 0 saturated carbocycles. The molecule has 1 amide bonds. The van der Waals surface area contributed by atoms with Gasteiger partial charge < -0.3 is 10.1 Å². The molecule has 0 radical (unpaired) electrons. The predicted octanol–water partition coefficient (Wildman–Crippen LogP) is 1.22. The number of nitrogens with zero attached hydrogens (tertiary/aromatic N) is 3. The van der Waals surface area contributed by atoms with Crippen LogP contribution in [0.3, 0.4) is 0 Å². The molecule has 0 aliphatic heterocycles. The second-order valence-electron chi connectivity index (χ2n) is 5.14. The summed E-state index contributed by atoms with van der Waals surface area (Å²) in [7, 11) is 1.26. The van der Waals surface area contributed by atoms with Gasteiger partial charge in [0.1, 0.15) is 12.9 Å². The van der Waals surface area contributed by atoms with E-state index in [1.54, 1.807) is 30.3 Å². The Kier molecular flexibility index (Phi) is 4.51. The lowest BCUT2D eigenvalue weighted by molar-refractivity contribution is -0.116. The molecular formula is C17H14N4O4. The number of aromatic nitrogens is 3. The fourth-order valence-electron chi connectivity index (χ4n) is 2.34. The Labute approximate surface area is 142 Å². The van der Waals surface area contributed by atoms with E-state index in [0.717, 1.165) is 0 Å². The number of ether oxygens (including phenoxy) is 1. The third-order valence-corrected chi connectivity index (χ3v) is 3.52. The van der Waals surface area contributed by atoms with Crippen molar-refractivity contribution in [3.05, 3.63) is 64.8 Å². The Bertz CT molecular complexity index is 1010. The van der Waals surface area contributed by atoms with E-state index in [9.17, 15) is 14.4 Å². The van der Waals surface area contributed by atoms with Gasteiger partial charge in [-0.15, -0.1) is 0 Å². The van der Waals surface area contributed by atoms with Crippen LogP contribution < -0.4 is 10.9 Å². The molecule has 0 bridgehead atoms. The summed E-state index contributed by atoms with van der Waals surface area (Å²) >= 11 is 0. The Morgan fingerprint density at radius 2 is 1.96 bits per heavy atom. The first-order valence-corrected chi connectivity index (χ1v) is 7.37. The summed E-state index contributed by atoms with van der Waals surface area (Å²) in [5.41, 5.74) is 0.490. The summed E-state index contributed by atoms with van der Waals surface area (Å²) in [6.07, 6.45) is 2.80. The number of anilines is 1. The second-order valence-corrected chi connectivity index (χ2v) is 5.14. The molecule has 8 heteroatoms. The molecule has 8 nitrogen and oxygen atoms in total. The van der Waals surface area contributed by atoms with Crippen molar-refractivity contribution in [3.8, 4) is 0 Å². The number of amides is 1. The SMILES string of the molecule is COC(=O)c1ccccc1NC(=O)Cn1cnc2ncccc2c1=O. The number of rotatable bonds is 4. The Hall–Kier alpha value is -3.55. The molecule has 0 saturated heterocycles. The van der Waals surface area contributed by atoms with E-state index >= 15 is 0 Å². The summed E-state index contributed by atoms with van der Waals surface area (Å²) in [4.78, 5) is 44.4. The normalized spacial score (nSPS) is 10.4. The van der Waals surface area contributed by atoms with Crippen LogP contribution in [-0.4, -0.2) is 33.5 Å². The van der Waals surface area contributed by atoms with E-state index in [-0.39, 0.29) is 17.7 Å². The third kappa shape index (κ3) is 3.37. The minimum Gasteiger partial charge on any atom is -0.465 e. The topological polar surface area (TPSA) is 103 Å². The van der Waals surface area contributed by atoms with Gasteiger partial charge in [-0.05, 0) is 24.3 Å². The highest BCUT2D eigenvalue weighted by atomic mass is 16.5. The molecule has 0 spiro atoms. The van der Waals surface area contributed by atoms with Crippen LogP contribution in [0.4, 0.5) is 5.69 Å². The van der Waals surface area contributed by atoms with Crippen LogP contribution >= 0.6 is 0 Å². The number of para-hydroxylation sites is 1. The zero-order valence-corrected chi connectivity index (χ0v) is 13.3.